The Balaban J connectivity index is 2.26. The number of anilines is 1. The first kappa shape index (κ1) is 14.5. The van der Waals surface area contributed by atoms with Crippen LogP contribution in [0.1, 0.15) is 16.1 Å². The Morgan fingerprint density at radius 1 is 1.50 bits per heavy atom. The van der Waals surface area contributed by atoms with Crippen LogP contribution in [0.5, 0.6) is 0 Å². The highest BCUT2D eigenvalue weighted by molar-refractivity contribution is 7.98. The maximum atomic E-state index is 12.0. The number of nitrogens with zero attached hydrogens (tertiary/aromatic N) is 2. The Labute approximate surface area is 123 Å². The molecule has 0 aliphatic carbocycles. The van der Waals surface area contributed by atoms with Gasteiger partial charge in [0.05, 0.1) is 15.5 Å². The van der Waals surface area contributed by atoms with E-state index >= 15 is 0 Å². The molecule has 104 valence electrons. The molecule has 0 spiro atoms. The van der Waals surface area contributed by atoms with Crippen molar-refractivity contribution in [2.24, 2.45) is 0 Å². The molecule has 0 saturated heterocycles. The number of nitrogens with one attached hydrogen (secondary N) is 1. The number of aromatic nitrogens is 1. The molecule has 0 radical (unpaired) electrons. The van der Waals surface area contributed by atoms with Crippen molar-refractivity contribution in [3.63, 3.8) is 0 Å². The zero-order valence-electron chi connectivity index (χ0n) is 10.7. The van der Waals surface area contributed by atoms with Crippen LogP contribution in [0.15, 0.2) is 28.5 Å². The van der Waals surface area contributed by atoms with Crippen LogP contribution in [-0.4, -0.2) is 22.1 Å². The average Bonchev–Trinajstić information content (AvgIpc) is 2.83. The summed E-state index contributed by atoms with van der Waals surface area (Å²) in [6.45, 7) is 1.82. The lowest BCUT2D eigenvalue weighted by Gasteiger charge is -2.04. The first-order valence-electron chi connectivity index (χ1n) is 5.57. The molecular weight excluding hydrogens is 298 g/mol. The number of carbonyl (C=O) groups excluding carboxylic acids is 1. The number of thiazole rings is 1. The predicted octanol–water partition coefficient (Wildman–Crippen LogP) is 3.33. The van der Waals surface area contributed by atoms with Crippen molar-refractivity contribution in [1.29, 1.82) is 0 Å². The van der Waals surface area contributed by atoms with Crippen LogP contribution >= 0.6 is 23.1 Å². The average molecular weight is 309 g/mol. The molecule has 20 heavy (non-hydrogen) atoms. The summed E-state index contributed by atoms with van der Waals surface area (Å²) in [6.07, 6.45) is 1.75. The largest absolute Gasteiger partial charge is 0.298 e. The molecule has 6 nitrogen and oxygen atoms in total. The molecule has 0 bridgehead atoms. The molecule has 1 aromatic heterocycles. The number of nitro benzene ring substituents is 1. The highest BCUT2D eigenvalue weighted by atomic mass is 32.2. The lowest BCUT2D eigenvalue weighted by Crippen LogP contribution is -2.12. The Morgan fingerprint density at radius 2 is 2.25 bits per heavy atom. The summed E-state index contributed by atoms with van der Waals surface area (Å²) >= 11 is 2.58. The standard InChI is InChI=1S/C12H11N3O3S2/c1-7-6-20-12(13-7)14-11(16)8-3-4-10(19-2)9(5-8)15(17)18/h3-6H,1-2H3,(H,13,14,16). The van der Waals surface area contributed by atoms with Gasteiger partial charge in [-0.05, 0) is 25.3 Å². The number of thioether (sulfide) groups is 1. The van der Waals surface area contributed by atoms with Gasteiger partial charge in [-0.3, -0.25) is 20.2 Å². The second-order valence-electron chi connectivity index (χ2n) is 3.89. The van der Waals surface area contributed by atoms with Gasteiger partial charge in [0.1, 0.15) is 0 Å². The van der Waals surface area contributed by atoms with Gasteiger partial charge in [0.15, 0.2) is 5.13 Å². The lowest BCUT2D eigenvalue weighted by atomic mass is 10.2. The molecule has 0 atom stereocenters. The van der Waals surface area contributed by atoms with E-state index in [1.807, 2.05) is 12.3 Å². The molecule has 2 rings (SSSR count). The summed E-state index contributed by atoms with van der Waals surface area (Å²) in [5.41, 5.74) is 0.983. The van der Waals surface area contributed by atoms with Crippen molar-refractivity contribution in [2.75, 3.05) is 11.6 Å². The van der Waals surface area contributed by atoms with Gasteiger partial charge in [0.25, 0.3) is 11.6 Å². The summed E-state index contributed by atoms with van der Waals surface area (Å²) in [7, 11) is 0. The number of aryl methyl sites for hydroxylation is 1. The Kier molecular flexibility index (Phi) is 4.35. The number of rotatable bonds is 4. The molecule has 0 unspecified atom stereocenters. The Bertz CT molecular complexity index is 670. The summed E-state index contributed by atoms with van der Waals surface area (Å²) in [5, 5.41) is 15.9. The SMILES string of the molecule is CSc1ccc(C(=O)Nc2nc(C)cs2)cc1[N+](=O)[O-]. The van der Waals surface area contributed by atoms with E-state index in [0.717, 1.165) is 5.69 Å². The molecule has 1 heterocycles. The van der Waals surface area contributed by atoms with Gasteiger partial charge in [0.2, 0.25) is 0 Å². The van der Waals surface area contributed by atoms with E-state index in [1.165, 1.54) is 29.2 Å². The van der Waals surface area contributed by atoms with Crippen molar-refractivity contribution < 1.29 is 9.72 Å². The minimum absolute atomic E-state index is 0.0690. The Morgan fingerprint density at radius 3 is 2.80 bits per heavy atom. The van der Waals surface area contributed by atoms with Crippen LogP contribution in [0.25, 0.3) is 0 Å². The van der Waals surface area contributed by atoms with Crippen LogP contribution in [0.4, 0.5) is 10.8 Å². The fourth-order valence-electron chi connectivity index (χ4n) is 1.55. The molecule has 1 aromatic carbocycles. The topological polar surface area (TPSA) is 85.1 Å². The van der Waals surface area contributed by atoms with Gasteiger partial charge in [-0.15, -0.1) is 23.1 Å². The third-order valence-electron chi connectivity index (χ3n) is 2.48. The first-order chi connectivity index (χ1) is 9.51. The summed E-state index contributed by atoms with van der Waals surface area (Å²) in [5.74, 6) is -0.407. The number of nitro groups is 1. The van der Waals surface area contributed by atoms with E-state index in [0.29, 0.717) is 10.0 Å². The van der Waals surface area contributed by atoms with Crippen molar-refractivity contribution >= 4 is 39.8 Å². The zero-order valence-corrected chi connectivity index (χ0v) is 12.4. The van der Waals surface area contributed by atoms with Crippen molar-refractivity contribution in [3.8, 4) is 0 Å². The van der Waals surface area contributed by atoms with Gasteiger partial charge < -0.3 is 0 Å². The number of amides is 1. The summed E-state index contributed by atoms with van der Waals surface area (Å²) < 4.78 is 0. The van der Waals surface area contributed by atoms with E-state index in [1.54, 1.807) is 18.4 Å². The van der Waals surface area contributed by atoms with Crippen LogP contribution in [0.2, 0.25) is 0 Å². The first-order valence-corrected chi connectivity index (χ1v) is 7.67. The Hall–Kier alpha value is -1.93. The van der Waals surface area contributed by atoms with Gasteiger partial charge in [0, 0.05) is 17.0 Å². The second-order valence-corrected chi connectivity index (χ2v) is 5.60. The highest BCUT2D eigenvalue weighted by Gasteiger charge is 2.17. The third-order valence-corrected chi connectivity index (χ3v) is 4.14. The van der Waals surface area contributed by atoms with Crippen molar-refractivity contribution in [1.82, 2.24) is 4.98 Å². The van der Waals surface area contributed by atoms with Gasteiger partial charge >= 0.3 is 0 Å². The van der Waals surface area contributed by atoms with E-state index in [-0.39, 0.29) is 11.3 Å². The zero-order chi connectivity index (χ0) is 14.7. The molecule has 1 N–H and O–H groups in total. The van der Waals surface area contributed by atoms with Crippen molar-refractivity contribution in [2.45, 2.75) is 11.8 Å². The molecule has 0 aliphatic heterocycles. The molecule has 1 amide bonds. The smallest absolute Gasteiger partial charge is 0.283 e. The molecule has 8 heteroatoms. The lowest BCUT2D eigenvalue weighted by molar-refractivity contribution is -0.387. The molecule has 2 aromatic rings. The minimum Gasteiger partial charge on any atom is -0.298 e. The normalized spacial score (nSPS) is 10.3. The van der Waals surface area contributed by atoms with E-state index in [2.05, 4.69) is 10.3 Å². The number of hydrogen-bond acceptors (Lipinski definition) is 6. The van der Waals surface area contributed by atoms with Crippen LogP contribution in [0.3, 0.4) is 0 Å². The molecular formula is C12H11N3O3S2. The fourth-order valence-corrected chi connectivity index (χ4v) is 2.78. The van der Waals surface area contributed by atoms with Gasteiger partial charge in [-0.1, -0.05) is 0 Å². The monoisotopic (exact) mass is 309 g/mol. The molecule has 0 saturated carbocycles. The second kappa shape index (κ2) is 6.02. The maximum Gasteiger partial charge on any atom is 0.283 e. The van der Waals surface area contributed by atoms with Crippen molar-refractivity contribution in [3.05, 3.63) is 45.0 Å². The molecule has 0 fully saturated rings. The summed E-state index contributed by atoms with van der Waals surface area (Å²) in [6, 6.07) is 4.42. The number of carbonyl (C=O) groups is 1. The van der Waals surface area contributed by atoms with Crippen LogP contribution in [-0.2, 0) is 0 Å². The maximum absolute atomic E-state index is 12.0. The van der Waals surface area contributed by atoms with E-state index in [4.69, 9.17) is 0 Å². The number of benzene rings is 1. The predicted molar refractivity (Wildman–Crippen MR) is 79.7 cm³/mol. The summed E-state index contributed by atoms with van der Waals surface area (Å²) in [4.78, 5) is 27.1. The molecule has 0 aliphatic rings. The van der Waals surface area contributed by atoms with Crippen LogP contribution in [0, 0.1) is 17.0 Å². The fraction of sp³-hybridized carbons (Fsp3) is 0.167. The highest BCUT2D eigenvalue weighted by Crippen LogP contribution is 2.28. The van der Waals surface area contributed by atoms with E-state index in [9.17, 15) is 14.9 Å². The quantitative estimate of drug-likeness (QED) is 0.532. The van der Waals surface area contributed by atoms with Gasteiger partial charge in [-0.25, -0.2) is 4.98 Å². The van der Waals surface area contributed by atoms with E-state index < -0.39 is 10.8 Å². The number of hydrogen-bond donors (Lipinski definition) is 1. The minimum atomic E-state index is -0.490. The van der Waals surface area contributed by atoms with Gasteiger partial charge in [-0.2, -0.15) is 0 Å². The third kappa shape index (κ3) is 3.14. The van der Waals surface area contributed by atoms with Crippen LogP contribution < -0.4 is 5.32 Å².